The summed E-state index contributed by atoms with van der Waals surface area (Å²) in [5.41, 5.74) is 1.81. The lowest BCUT2D eigenvalue weighted by molar-refractivity contribution is -0.119. The molecule has 0 bridgehead atoms. The minimum absolute atomic E-state index is 0.0344. The highest BCUT2D eigenvalue weighted by Gasteiger charge is 2.25. The number of nitrogens with zero attached hydrogens (tertiary/aromatic N) is 3. The van der Waals surface area contributed by atoms with Crippen molar-refractivity contribution in [1.29, 1.82) is 0 Å². The average molecular weight is 300 g/mol. The number of nitrogens with one attached hydrogen (secondary N) is 1. The zero-order valence-electron chi connectivity index (χ0n) is 12.9. The van der Waals surface area contributed by atoms with Gasteiger partial charge in [-0.3, -0.25) is 4.79 Å². The van der Waals surface area contributed by atoms with Gasteiger partial charge in [0.1, 0.15) is 0 Å². The second-order valence-corrected chi connectivity index (χ2v) is 5.64. The zero-order valence-corrected chi connectivity index (χ0v) is 12.9. The number of carbonyl (C=O) groups is 1. The second-order valence-electron chi connectivity index (χ2n) is 5.64. The van der Waals surface area contributed by atoms with Crippen molar-refractivity contribution in [3.05, 3.63) is 36.0 Å². The summed E-state index contributed by atoms with van der Waals surface area (Å²) in [4.78, 5) is 18.6. The summed E-state index contributed by atoms with van der Waals surface area (Å²) in [6.45, 7) is 5.13. The van der Waals surface area contributed by atoms with E-state index in [9.17, 15) is 4.79 Å². The number of aromatic nitrogens is 2. The van der Waals surface area contributed by atoms with Crippen molar-refractivity contribution in [1.82, 2.24) is 10.1 Å². The molecule has 0 radical (unpaired) electrons. The lowest BCUT2D eigenvalue weighted by Crippen LogP contribution is -2.30. The van der Waals surface area contributed by atoms with Gasteiger partial charge in [0.25, 0.3) is 0 Å². The molecule has 1 aliphatic rings. The minimum atomic E-state index is -0.106. The Balaban J connectivity index is 1.86. The van der Waals surface area contributed by atoms with Gasteiger partial charge in [-0.05, 0) is 18.6 Å². The van der Waals surface area contributed by atoms with E-state index >= 15 is 0 Å². The number of fused-ring (bicyclic) bond motifs is 1. The van der Waals surface area contributed by atoms with Crippen LogP contribution in [0.25, 0.3) is 0 Å². The van der Waals surface area contributed by atoms with E-state index in [1.54, 1.807) is 0 Å². The molecular formula is C16H20N4O2. The van der Waals surface area contributed by atoms with Crippen LogP contribution in [0.4, 0.5) is 11.4 Å². The minimum Gasteiger partial charge on any atom is -0.360 e. The fourth-order valence-corrected chi connectivity index (χ4v) is 2.62. The molecule has 0 spiro atoms. The maximum absolute atomic E-state index is 12.1. The van der Waals surface area contributed by atoms with Crippen molar-refractivity contribution >= 4 is 17.3 Å². The molecular weight excluding hydrogens is 280 g/mol. The van der Waals surface area contributed by atoms with E-state index in [2.05, 4.69) is 27.3 Å². The number of carbonyl (C=O) groups excluding carboxylic acids is 1. The Bertz CT molecular complexity index is 668. The Morgan fingerprint density at radius 3 is 3.05 bits per heavy atom. The van der Waals surface area contributed by atoms with Gasteiger partial charge in [-0.25, -0.2) is 0 Å². The number of rotatable bonds is 4. The van der Waals surface area contributed by atoms with Crippen molar-refractivity contribution in [3.8, 4) is 0 Å². The predicted molar refractivity (Wildman–Crippen MR) is 83.6 cm³/mol. The Kier molecular flexibility index (Phi) is 4.09. The maximum atomic E-state index is 12.1. The summed E-state index contributed by atoms with van der Waals surface area (Å²) in [6.07, 6.45) is 1.80. The number of hydrogen-bond donors (Lipinski definition) is 1. The fraction of sp³-hybridized carbons (Fsp3) is 0.438. The molecule has 116 valence electrons. The molecule has 1 aromatic carbocycles. The Morgan fingerprint density at radius 1 is 1.41 bits per heavy atom. The standard InChI is InChI=1S/C16H20N4O2/c1-3-6-14-18-15(22-19-14)10-20-9-11(2)16(21)17-12-7-4-5-8-13(12)20/h4-5,7-8,11H,3,6,9-10H2,1-2H3,(H,17,21). The molecule has 3 rings (SSSR count). The van der Waals surface area contributed by atoms with Gasteiger partial charge in [0.15, 0.2) is 5.82 Å². The van der Waals surface area contributed by atoms with Crippen LogP contribution in [0.2, 0.25) is 0 Å². The number of benzene rings is 1. The van der Waals surface area contributed by atoms with E-state index in [4.69, 9.17) is 4.52 Å². The van der Waals surface area contributed by atoms with E-state index in [1.165, 1.54) is 0 Å². The van der Waals surface area contributed by atoms with Crippen molar-refractivity contribution in [2.75, 3.05) is 16.8 Å². The highest BCUT2D eigenvalue weighted by molar-refractivity contribution is 5.97. The van der Waals surface area contributed by atoms with Gasteiger partial charge in [-0.15, -0.1) is 0 Å². The van der Waals surface area contributed by atoms with E-state index in [0.717, 1.165) is 30.0 Å². The largest absolute Gasteiger partial charge is 0.360 e. The summed E-state index contributed by atoms with van der Waals surface area (Å²) in [5.74, 6) is 1.25. The first-order valence-electron chi connectivity index (χ1n) is 7.63. The van der Waals surface area contributed by atoms with Gasteiger partial charge in [-0.1, -0.05) is 31.1 Å². The van der Waals surface area contributed by atoms with Crippen LogP contribution < -0.4 is 10.2 Å². The lowest BCUT2D eigenvalue weighted by atomic mass is 10.1. The fourth-order valence-electron chi connectivity index (χ4n) is 2.62. The number of hydrogen-bond acceptors (Lipinski definition) is 5. The van der Waals surface area contributed by atoms with Gasteiger partial charge in [0, 0.05) is 13.0 Å². The third kappa shape index (κ3) is 2.95. The molecule has 2 heterocycles. The molecule has 1 aromatic heterocycles. The summed E-state index contributed by atoms with van der Waals surface area (Å²) in [6, 6.07) is 7.79. The monoisotopic (exact) mass is 300 g/mol. The second kappa shape index (κ2) is 6.17. The molecule has 0 saturated carbocycles. The summed E-state index contributed by atoms with van der Waals surface area (Å²) in [7, 11) is 0. The van der Waals surface area contributed by atoms with Gasteiger partial charge in [0.2, 0.25) is 11.8 Å². The van der Waals surface area contributed by atoms with Crippen LogP contribution in [0.3, 0.4) is 0 Å². The number of aryl methyl sites for hydroxylation is 1. The first kappa shape index (κ1) is 14.6. The zero-order chi connectivity index (χ0) is 15.5. The van der Waals surface area contributed by atoms with E-state index in [-0.39, 0.29) is 11.8 Å². The van der Waals surface area contributed by atoms with Gasteiger partial charge in [0.05, 0.1) is 23.8 Å². The van der Waals surface area contributed by atoms with Crippen LogP contribution in [-0.4, -0.2) is 22.6 Å². The van der Waals surface area contributed by atoms with Crippen LogP contribution in [0.15, 0.2) is 28.8 Å². The van der Waals surface area contributed by atoms with Crippen molar-refractivity contribution in [3.63, 3.8) is 0 Å². The molecule has 2 aromatic rings. The Labute approximate surface area is 129 Å². The van der Waals surface area contributed by atoms with Crippen molar-refractivity contribution < 1.29 is 9.32 Å². The lowest BCUT2D eigenvalue weighted by Gasteiger charge is -2.23. The van der Waals surface area contributed by atoms with Gasteiger partial charge >= 0.3 is 0 Å². The van der Waals surface area contributed by atoms with Crippen LogP contribution in [-0.2, 0) is 17.8 Å². The third-order valence-corrected chi connectivity index (χ3v) is 3.75. The first-order valence-corrected chi connectivity index (χ1v) is 7.63. The molecule has 1 amide bonds. The molecule has 1 atom stereocenters. The van der Waals surface area contributed by atoms with Crippen molar-refractivity contribution in [2.24, 2.45) is 5.92 Å². The molecule has 6 heteroatoms. The highest BCUT2D eigenvalue weighted by atomic mass is 16.5. The normalized spacial score (nSPS) is 17.8. The smallest absolute Gasteiger partial charge is 0.246 e. The average Bonchev–Trinajstić information content (AvgIpc) is 2.90. The molecule has 22 heavy (non-hydrogen) atoms. The maximum Gasteiger partial charge on any atom is 0.246 e. The first-order chi connectivity index (χ1) is 10.7. The third-order valence-electron chi connectivity index (χ3n) is 3.75. The highest BCUT2D eigenvalue weighted by Crippen LogP contribution is 2.30. The molecule has 1 N–H and O–H groups in total. The molecule has 6 nitrogen and oxygen atoms in total. The Hall–Kier alpha value is -2.37. The number of anilines is 2. The number of para-hydroxylation sites is 2. The summed E-state index contributed by atoms with van der Waals surface area (Å²) in [5, 5.41) is 6.96. The Morgan fingerprint density at radius 2 is 2.23 bits per heavy atom. The summed E-state index contributed by atoms with van der Waals surface area (Å²) >= 11 is 0. The van der Waals surface area contributed by atoms with Gasteiger partial charge in [-0.2, -0.15) is 4.98 Å². The predicted octanol–water partition coefficient (Wildman–Crippen LogP) is 2.62. The van der Waals surface area contributed by atoms with E-state index in [0.29, 0.717) is 19.0 Å². The van der Waals surface area contributed by atoms with Crippen LogP contribution >= 0.6 is 0 Å². The van der Waals surface area contributed by atoms with Crippen LogP contribution in [0.1, 0.15) is 32.0 Å². The quantitative estimate of drug-likeness (QED) is 0.939. The van der Waals surface area contributed by atoms with Crippen LogP contribution in [0, 0.1) is 5.92 Å². The molecule has 0 saturated heterocycles. The van der Waals surface area contributed by atoms with Gasteiger partial charge < -0.3 is 14.7 Å². The molecule has 1 aliphatic heterocycles. The topological polar surface area (TPSA) is 71.3 Å². The molecule has 1 unspecified atom stereocenters. The summed E-state index contributed by atoms with van der Waals surface area (Å²) < 4.78 is 5.33. The molecule has 0 aliphatic carbocycles. The van der Waals surface area contributed by atoms with E-state index in [1.807, 2.05) is 31.2 Å². The number of amides is 1. The molecule has 0 fully saturated rings. The van der Waals surface area contributed by atoms with Crippen molar-refractivity contribution in [2.45, 2.75) is 33.2 Å². The van der Waals surface area contributed by atoms with Crippen LogP contribution in [0.5, 0.6) is 0 Å². The van der Waals surface area contributed by atoms with E-state index < -0.39 is 0 Å². The SMILES string of the molecule is CCCc1noc(CN2CC(C)C(=O)Nc3ccccc32)n1.